The number of benzene rings is 2. The molecule has 0 aliphatic heterocycles. The summed E-state index contributed by atoms with van der Waals surface area (Å²) in [6.07, 6.45) is 0.911. The van der Waals surface area contributed by atoms with Crippen molar-refractivity contribution in [2.45, 2.75) is 11.0 Å². The van der Waals surface area contributed by atoms with E-state index in [1.807, 2.05) is 30.3 Å². The number of primary sulfonamides is 1. The molecule has 27 heavy (non-hydrogen) atoms. The van der Waals surface area contributed by atoms with Crippen molar-refractivity contribution in [2.75, 3.05) is 17.2 Å². The number of hydrogen-bond acceptors (Lipinski definition) is 7. The van der Waals surface area contributed by atoms with E-state index in [0.29, 0.717) is 24.0 Å². The summed E-state index contributed by atoms with van der Waals surface area (Å²) in [6, 6.07) is 17.0. The first-order valence-corrected chi connectivity index (χ1v) is 9.66. The molecule has 3 aromatic rings. The van der Waals surface area contributed by atoms with Crippen LogP contribution in [0.15, 0.2) is 71.8 Å². The van der Waals surface area contributed by atoms with Crippen molar-refractivity contribution in [1.29, 1.82) is 0 Å². The highest BCUT2D eigenvalue weighted by Crippen LogP contribution is 2.18. The third-order valence-electron chi connectivity index (χ3n) is 3.76. The molecule has 1 heterocycles. The van der Waals surface area contributed by atoms with Crippen LogP contribution < -0.4 is 15.8 Å². The second-order valence-corrected chi connectivity index (χ2v) is 7.33. The predicted molar refractivity (Wildman–Crippen MR) is 103 cm³/mol. The molecule has 140 valence electrons. The molecule has 2 aromatic carbocycles. The van der Waals surface area contributed by atoms with Gasteiger partial charge in [-0.15, -0.1) is 0 Å². The number of nitrogens with zero attached hydrogens (tertiary/aromatic N) is 2. The van der Waals surface area contributed by atoms with Crippen molar-refractivity contribution >= 4 is 27.5 Å². The number of nitrogens with two attached hydrogens (primary N) is 1. The van der Waals surface area contributed by atoms with Crippen molar-refractivity contribution in [1.82, 2.24) is 9.97 Å². The molecule has 3 rings (SSSR count). The Labute approximate surface area is 157 Å². The van der Waals surface area contributed by atoms with Gasteiger partial charge in [0.05, 0.1) is 11.0 Å². The highest BCUT2D eigenvalue weighted by molar-refractivity contribution is 7.89. The molecule has 8 nitrogen and oxygen atoms in total. The lowest BCUT2D eigenvalue weighted by Crippen LogP contribution is -2.13. The second kappa shape index (κ2) is 8.12. The Hall–Kier alpha value is -3.01. The summed E-state index contributed by atoms with van der Waals surface area (Å²) in [6.45, 7) is 0.295. The first-order valence-electron chi connectivity index (χ1n) is 8.11. The first kappa shape index (κ1) is 18.8. The summed E-state index contributed by atoms with van der Waals surface area (Å²) in [5, 5.41) is 21.3. The van der Waals surface area contributed by atoms with E-state index in [-0.39, 0.29) is 4.90 Å². The summed E-state index contributed by atoms with van der Waals surface area (Å²) in [5.74, 6) is 0.876. The van der Waals surface area contributed by atoms with Gasteiger partial charge in [0.2, 0.25) is 16.0 Å². The van der Waals surface area contributed by atoms with E-state index in [4.69, 9.17) is 5.14 Å². The fraction of sp³-hybridized carbons (Fsp3) is 0.111. The highest BCUT2D eigenvalue weighted by Gasteiger charge is 2.09. The standard InChI is InChI=1S/C18H19N5O3S/c19-27(25,26)15-8-6-14(7-9-15)22-18-20-11-10-17(23-18)21-12-16(24)13-4-2-1-3-5-13/h1-11,16,24H,12H2,(H2,19,25,26)(H2,20,21,22,23). The molecule has 0 saturated carbocycles. The van der Waals surface area contributed by atoms with Gasteiger partial charge in [0, 0.05) is 18.4 Å². The predicted octanol–water partition coefficient (Wildman–Crippen LogP) is 2.01. The van der Waals surface area contributed by atoms with E-state index < -0.39 is 16.1 Å². The second-order valence-electron chi connectivity index (χ2n) is 5.77. The lowest BCUT2D eigenvalue weighted by atomic mass is 10.1. The van der Waals surface area contributed by atoms with E-state index in [9.17, 15) is 13.5 Å². The smallest absolute Gasteiger partial charge is 0.238 e. The molecule has 9 heteroatoms. The molecule has 0 aliphatic rings. The van der Waals surface area contributed by atoms with Crippen molar-refractivity contribution in [3.05, 3.63) is 72.4 Å². The molecule has 0 saturated heterocycles. The zero-order valence-corrected chi connectivity index (χ0v) is 15.1. The van der Waals surface area contributed by atoms with Gasteiger partial charge in [-0.3, -0.25) is 0 Å². The van der Waals surface area contributed by atoms with Gasteiger partial charge < -0.3 is 15.7 Å². The van der Waals surface area contributed by atoms with E-state index in [2.05, 4.69) is 20.6 Å². The van der Waals surface area contributed by atoms with Crippen molar-refractivity contribution < 1.29 is 13.5 Å². The quantitative estimate of drug-likeness (QED) is 0.489. The van der Waals surface area contributed by atoms with Crippen molar-refractivity contribution in [3.63, 3.8) is 0 Å². The molecule has 0 aliphatic carbocycles. The molecule has 0 fully saturated rings. The first-order chi connectivity index (χ1) is 12.9. The maximum absolute atomic E-state index is 11.3. The molecular weight excluding hydrogens is 366 g/mol. The minimum atomic E-state index is -3.73. The molecule has 1 atom stereocenters. The molecule has 0 bridgehead atoms. The summed E-state index contributed by atoms with van der Waals surface area (Å²) < 4.78 is 22.6. The number of aliphatic hydroxyl groups excluding tert-OH is 1. The largest absolute Gasteiger partial charge is 0.387 e. The summed E-state index contributed by atoms with van der Waals surface area (Å²) in [7, 11) is -3.73. The van der Waals surface area contributed by atoms with Crippen LogP contribution in [0.3, 0.4) is 0 Å². The average molecular weight is 385 g/mol. The Balaban J connectivity index is 1.63. The van der Waals surface area contributed by atoms with Gasteiger partial charge in [-0.1, -0.05) is 30.3 Å². The Morgan fingerprint density at radius 1 is 1.04 bits per heavy atom. The molecule has 0 radical (unpaired) electrons. The van der Waals surface area contributed by atoms with Gasteiger partial charge in [-0.05, 0) is 35.9 Å². The average Bonchev–Trinajstić information content (AvgIpc) is 2.67. The van der Waals surface area contributed by atoms with Crippen LogP contribution in [0, 0.1) is 0 Å². The lowest BCUT2D eigenvalue weighted by Gasteiger charge is -2.13. The van der Waals surface area contributed by atoms with Crippen LogP contribution in [0.25, 0.3) is 0 Å². The molecule has 1 unspecified atom stereocenters. The minimum absolute atomic E-state index is 0.0271. The minimum Gasteiger partial charge on any atom is -0.387 e. The third-order valence-corrected chi connectivity index (χ3v) is 4.68. The molecule has 1 aromatic heterocycles. The van der Waals surface area contributed by atoms with Crippen LogP contribution in [0.1, 0.15) is 11.7 Å². The maximum Gasteiger partial charge on any atom is 0.238 e. The van der Waals surface area contributed by atoms with Crippen LogP contribution in [0.4, 0.5) is 17.5 Å². The number of sulfonamides is 1. The van der Waals surface area contributed by atoms with Crippen LogP contribution >= 0.6 is 0 Å². The van der Waals surface area contributed by atoms with Crippen LogP contribution in [0.2, 0.25) is 0 Å². The van der Waals surface area contributed by atoms with Crippen LogP contribution in [-0.2, 0) is 10.0 Å². The van der Waals surface area contributed by atoms with Gasteiger partial charge in [0.25, 0.3) is 0 Å². The fourth-order valence-corrected chi connectivity index (χ4v) is 2.88. The van der Waals surface area contributed by atoms with E-state index in [1.54, 1.807) is 24.4 Å². The topological polar surface area (TPSA) is 130 Å². The zero-order valence-electron chi connectivity index (χ0n) is 14.3. The van der Waals surface area contributed by atoms with Crippen LogP contribution in [0.5, 0.6) is 0 Å². The van der Waals surface area contributed by atoms with Crippen molar-refractivity contribution in [3.8, 4) is 0 Å². The zero-order chi connectivity index (χ0) is 19.3. The monoisotopic (exact) mass is 385 g/mol. The number of rotatable bonds is 7. The lowest BCUT2D eigenvalue weighted by molar-refractivity contribution is 0.191. The number of aromatic nitrogens is 2. The normalized spacial score (nSPS) is 12.4. The number of nitrogens with one attached hydrogen (secondary N) is 2. The number of hydrogen-bond donors (Lipinski definition) is 4. The summed E-state index contributed by atoms with van der Waals surface area (Å²) >= 11 is 0. The number of aliphatic hydroxyl groups is 1. The van der Waals surface area contributed by atoms with E-state index in [0.717, 1.165) is 5.56 Å². The third kappa shape index (κ3) is 5.23. The fourth-order valence-electron chi connectivity index (χ4n) is 2.37. The Bertz CT molecular complexity index is 995. The van der Waals surface area contributed by atoms with Gasteiger partial charge in [-0.2, -0.15) is 4.98 Å². The summed E-state index contributed by atoms with van der Waals surface area (Å²) in [4.78, 5) is 8.47. The van der Waals surface area contributed by atoms with Crippen LogP contribution in [-0.4, -0.2) is 30.0 Å². The van der Waals surface area contributed by atoms with Gasteiger partial charge in [0.15, 0.2) is 0 Å². The molecular formula is C18H19N5O3S. The van der Waals surface area contributed by atoms with Gasteiger partial charge in [-0.25, -0.2) is 18.5 Å². The Kier molecular flexibility index (Phi) is 5.65. The molecule has 5 N–H and O–H groups in total. The van der Waals surface area contributed by atoms with Gasteiger partial charge >= 0.3 is 0 Å². The van der Waals surface area contributed by atoms with Gasteiger partial charge in [0.1, 0.15) is 5.82 Å². The Morgan fingerprint density at radius 3 is 2.41 bits per heavy atom. The van der Waals surface area contributed by atoms with E-state index >= 15 is 0 Å². The number of anilines is 3. The molecule has 0 amide bonds. The SMILES string of the molecule is NS(=O)(=O)c1ccc(Nc2nccc(NCC(O)c3ccccc3)n2)cc1. The van der Waals surface area contributed by atoms with E-state index in [1.165, 1.54) is 12.1 Å². The highest BCUT2D eigenvalue weighted by atomic mass is 32.2. The Morgan fingerprint density at radius 2 is 1.74 bits per heavy atom. The van der Waals surface area contributed by atoms with Crippen molar-refractivity contribution in [2.24, 2.45) is 5.14 Å². The molecule has 0 spiro atoms. The summed E-state index contributed by atoms with van der Waals surface area (Å²) in [5.41, 5.74) is 1.43. The maximum atomic E-state index is 11.3.